The number of Topliss-reactive ketones (excluding diaryl/α,β-unsaturated/α-hetero) is 1. The molecule has 1 aromatic heterocycles. The number of carbonyl (C=O) groups is 1. The van der Waals surface area contributed by atoms with E-state index in [2.05, 4.69) is 4.74 Å². The van der Waals surface area contributed by atoms with Crippen LogP contribution in [0, 0.1) is 11.3 Å². The van der Waals surface area contributed by atoms with E-state index in [1.54, 1.807) is 16.8 Å². The lowest BCUT2D eigenvalue weighted by Gasteiger charge is -2.09. The van der Waals surface area contributed by atoms with Gasteiger partial charge in [0.15, 0.2) is 5.78 Å². The molecule has 0 radical (unpaired) electrons. The van der Waals surface area contributed by atoms with Crippen molar-refractivity contribution in [2.75, 3.05) is 0 Å². The number of alkyl halides is 2. The molecule has 2 aromatic rings. The fourth-order valence-corrected chi connectivity index (χ4v) is 2.34. The van der Waals surface area contributed by atoms with Crippen LogP contribution in [0.5, 0.6) is 5.75 Å². The van der Waals surface area contributed by atoms with Gasteiger partial charge in [-0.3, -0.25) is 4.79 Å². The summed E-state index contributed by atoms with van der Waals surface area (Å²) in [6, 6.07) is 9.08. The van der Waals surface area contributed by atoms with Crippen molar-refractivity contribution in [1.29, 1.82) is 5.26 Å². The molecule has 0 aliphatic carbocycles. The van der Waals surface area contributed by atoms with E-state index in [0.29, 0.717) is 11.1 Å². The Labute approximate surface area is 118 Å². The predicted molar refractivity (Wildman–Crippen MR) is 70.1 cm³/mol. The molecular weight excluding hydrogens is 284 g/mol. The molecule has 0 saturated carbocycles. The first-order valence-corrected chi connectivity index (χ1v) is 6.57. The summed E-state index contributed by atoms with van der Waals surface area (Å²) in [6.45, 7) is -2.90. The van der Waals surface area contributed by atoms with Crippen LogP contribution in [-0.2, 0) is 0 Å². The summed E-state index contributed by atoms with van der Waals surface area (Å²) in [7, 11) is 0. The molecule has 20 heavy (non-hydrogen) atoms. The summed E-state index contributed by atoms with van der Waals surface area (Å²) in [6.07, 6.45) is 0. The number of ether oxygens (including phenoxy) is 1. The maximum absolute atomic E-state index is 12.1. The zero-order valence-electron chi connectivity index (χ0n) is 10.1. The first-order valence-electron chi connectivity index (χ1n) is 5.62. The van der Waals surface area contributed by atoms with Crippen molar-refractivity contribution in [3.8, 4) is 11.8 Å². The van der Waals surface area contributed by atoms with Crippen LogP contribution in [0.25, 0.3) is 0 Å². The molecule has 2 rings (SSSR count). The molecule has 1 unspecified atom stereocenters. The number of halogens is 2. The van der Waals surface area contributed by atoms with Gasteiger partial charge in [0.2, 0.25) is 0 Å². The van der Waals surface area contributed by atoms with Crippen LogP contribution in [0.15, 0.2) is 41.1 Å². The van der Waals surface area contributed by atoms with E-state index in [0.717, 1.165) is 0 Å². The van der Waals surface area contributed by atoms with Gasteiger partial charge in [-0.25, -0.2) is 0 Å². The summed E-state index contributed by atoms with van der Waals surface area (Å²) >= 11 is 1.37. The predicted octanol–water partition coefficient (Wildman–Crippen LogP) is 3.84. The number of benzene rings is 1. The van der Waals surface area contributed by atoms with Crippen molar-refractivity contribution in [2.45, 2.75) is 12.5 Å². The molecule has 6 heteroatoms. The van der Waals surface area contributed by atoms with Crippen molar-refractivity contribution in [1.82, 2.24) is 0 Å². The smallest absolute Gasteiger partial charge is 0.387 e. The molecule has 0 aliphatic rings. The van der Waals surface area contributed by atoms with E-state index in [-0.39, 0.29) is 11.5 Å². The van der Waals surface area contributed by atoms with E-state index in [4.69, 9.17) is 5.26 Å². The second-order valence-corrected chi connectivity index (χ2v) is 4.67. The van der Waals surface area contributed by atoms with Crippen molar-refractivity contribution >= 4 is 17.1 Å². The molecule has 0 N–H and O–H groups in total. The highest BCUT2D eigenvalue weighted by Crippen LogP contribution is 2.24. The van der Waals surface area contributed by atoms with Gasteiger partial charge in [0, 0.05) is 10.9 Å². The number of nitrogens with zero attached hydrogens (tertiary/aromatic N) is 1. The highest BCUT2D eigenvalue weighted by Gasteiger charge is 2.22. The molecule has 0 fully saturated rings. The lowest BCUT2D eigenvalue weighted by Crippen LogP contribution is -2.10. The Balaban J connectivity index is 2.20. The Kier molecular flexibility index (Phi) is 4.43. The Hall–Kier alpha value is -2.26. The van der Waals surface area contributed by atoms with E-state index in [9.17, 15) is 13.6 Å². The second kappa shape index (κ2) is 6.26. The third-order valence-corrected chi connectivity index (χ3v) is 3.32. The second-order valence-electron chi connectivity index (χ2n) is 3.89. The number of thiophene rings is 1. The molecule has 0 bridgehead atoms. The van der Waals surface area contributed by atoms with Gasteiger partial charge in [-0.2, -0.15) is 25.4 Å². The average molecular weight is 293 g/mol. The van der Waals surface area contributed by atoms with Crippen molar-refractivity contribution < 1.29 is 18.3 Å². The van der Waals surface area contributed by atoms with Gasteiger partial charge in [0.25, 0.3) is 0 Å². The fourth-order valence-electron chi connectivity index (χ4n) is 1.70. The SMILES string of the molecule is N#CC(C(=O)c1ccsc1)c1ccc(OC(F)F)cc1. The molecule has 0 spiro atoms. The summed E-state index contributed by atoms with van der Waals surface area (Å²) in [5.74, 6) is -1.27. The Morgan fingerprint density at radius 3 is 2.45 bits per heavy atom. The average Bonchev–Trinajstić information content (AvgIpc) is 2.94. The number of rotatable bonds is 5. The minimum atomic E-state index is -2.90. The van der Waals surface area contributed by atoms with Crippen molar-refractivity contribution in [3.63, 3.8) is 0 Å². The summed E-state index contributed by atoms with van der Waals surface area (Å²) in [5.41, 5.74) is 0.916. The molecule has 0 saturated heterocycles. The van der Waals surface area contributed by atoms with Crippen molar-refractivity contribution in [2.24, 2.45) is 0 Å². The number of hydrogen-bond donors (Lipinski definition) is 0. The van der Waals surface area contributed by atoms with Crippen LogP contribution >= 0.6 is 11.3 Å². The largest absolute Gasteiger partial charge is 0.435 e. The van der Waals surface area contributed by atoms with Crippen LogP contribution in [0.1, 0.15) is 21.8 Å². The highest BCUT2D eigenvalue weighted by molar-refractivity contribution is 7.08. The summed E-state index contributed by atoms with van der Waals surface area (Å²) < 4.78 is 28.3. The molecule has 0 aliphatic heterocycles. The van der Waals surface area contributed by atoms with Gasteiger partial charge in [0.05, 0.1) is 6.07 Å². The van der Waals surface area contributed by atoms with E-state index < -0.39 is 12.5 Å². The minimum Gasteiger partial charge on any atom is -0.435 e. The Bertz CT molecular complexity index is 618. The number of carbonyl (C=O) groups excluding carboxylic acids is 1. The number of nitriles is 1. The van der Waals surface area contributed by atoms with Gasteiger partial charge in [-0.1, -0.05) is 12.1 Å². The normalized spacial score (nSPS) is 11.9. The van der Waals surface area contributed by atoms with Gasteiger partial charge in [-0.15, -0.1) is 0 Å². The lowest BCUT2D eigenvalue weighted by atomic mass is 9.93. The van der Waals surface area contributed by atoms with Gasteiger partial charge in [0.1, 0.15) is 11.7 Å². The molecule has 0 amide bonds. The number of hydrogen-bond acceptors (Lipinski definition) is 4. The van der Waals surface area contributed by atoms with Gasteiger partial charge >= 0.3 is 6.61 Å². The molecule has 1 heterocycles. The standard InChI is InChI=1S/C14H9F2NO2S/c15-14(16)19-11-3-1-9(2-4-11)12(7-17)13(18)10-5-6-20-8-10/h1-6,8,12,14H. The third-order valence-electron chi connectivity index (χ3n) is 2.64. The molecular formula is C14H9F2NO2S. The van der Waals surface area contributed by atoms with Gasteiger partial charge < -0.3 is 4.74 Å². The lowest BCUT2D eigenvalue weighted by molar-refractivity contribution is -0.0498. The summed E-state index contributed by atoms with van der Waals surface area (Å²) in [5, 5.41) is 12.6. The first kappa shape index (κ1) is 14.2. The highest BCUT2D eigenvalue weighted by atomic mass is 32.1. The van der Waals surface area contributed by atoms with E-state index >= 15 is 0 Å². The molecule has 3 nitrogen and oxygen atoms in total. The van der Waals surface area contributed by atoms with Crippen LogP contribution < -0.4 is 4.74 Å². The fraction of sp³-hybridized carbons (Fsp3) is 0.143. The first-order chi connectivity index (χ1) is 9.61. The molecule has 1 atom stereocenters. The maximum atomic E-state index is 12.1. The summed E-state index contributed by atoms with van der Waals surface area (Å²) in [4.78, 5) is 12.1. The van der Waals surface area contributed by atoms with Crippen molar-refractivity contribution in [3.05, 3.63) is 52.2 Å². The van der Waals surface area contributed by atoms with E-state index in [1.807, 2.05) is 6.07 Å². The molecule has 1 aromatic carbocycles. The molecule has 102 valence electrons. The monoisotopic (exact) mass is 293 g/mol. The maximum Gasteiger partial charge on any atom is 0.387 e. The third kappa shape index (κ3) is 3.19. The van der Waals surface area contributed by atoms with E-state index in [1.165, 1.54) is 35.6 Å². The Morgan fingerprint density at radius 1 is 1.25 bits per heavy atom. The van der Waals surface area contributed by atoms with Crippen LogP contribution in [0.3, 0.4) is 0 Å². The number of ketones is 1. The minimum absolute atomic E-state index is 0.0107. The Morgan fingerprint density at radius 2 is 1.95 bits per heavy atom. The van der Waals surface area contributed by atoms with Crippen LogP contribution in [-0.4, -0.2) is 12.4 Å². The quantitative estimate of drug-likeness (QED) is 0.787. The zero-order valence-corrected chi connectivity index (χ0v) is 10.9. The topological polar surface area (TPSA) is 50.1 Å². The van der Waals surface area contributed by atoms with Crippen LogP contribution in [0.4, 0.5) is 8.78 Å². The van der Waals surface area contributed by atoms with Crippen LogP contribution in [0.2, 0.25) is 0 Å². The van der Waals surface area contributed by atoms with Gasteiger partial charge in [-0.05, 0) is 29.1 Å². The zero-order chi connectivity index (χ0) is 14.5.